The van der Waals surface area contributed by atoms with Crippen LogP contribution < -0.4 is 10.2 Å². The van der Waals surface area contributed by atoms with E-state index in [1.807, 2.05) is 86.6 Å². The molecule has 6 rings (SSSR count). The molecule has 3 amide bonds. The van der Waals surface area contributed by atoms with E-state index in [2.05, 4.69) is 34.4 Å². The second kappa shape index (κ2) is 16.6. The molecule has 286 valence electrons. The number of anilines is 1. The molecule has 1 unspecified atom stereocenters. The summed E-state index contributed by atoms with van der Waals surface area (Å²) in [5.41, 5.74) is -0.0825. The van der Waals surface area contributed by atoms with Crippen molar-refractivity contribution in [3.63, 3.8) is 0 Å². The van der Waals surface area contributed by atoms with Crippen LogP contribution in [0.25, 0.3) is 10.8 Å². The van der Waals surface area contributed by atoms with Gasteiger partial charge in [0, 0.05) is 23.5 Å². The van der Waals surface area contributed by atoms with Crippen LogP contribution in [0.15, 0.2) is 98.1 Å². The molecule has 0 aliphatic carbocycles. The van der Waals surface area contributed by atoms with E-state index in [0.717, 1.165) is 10.8 Å². The Balaban J connectivity index is 1.40. The van der Waals surface area contributed by atoms with Crippen LogP contribution in [-0.4, -0.2) is 81.5 Å². The Morgan fingerprint density at radius 3 is 2.44 bits per heavy atom. The highest BCUT2D eigenvalue weighted by molar-refractivity contribution is 9.09. The Hall–Kier alpha value is -4.32. The predicted octanol–water partition coefficient (Wildman–Crippen LogP) is 6.27. The average molecular weight is 801 g/mol. The van der Waals surface area contributed by atoms with Crippen molar-refractivity contribution in [2.24, 2.45) is 17.8 Å². The second-order valence-corrected chi connectivity index (χ2v) is 15.9. The van der Waals surface area contributed by atoms with E-state index in [9.17, 15) is 14.7 Å². The Morgan fingerprint density at radius 1 is 1.07 bits per heavy atom. The fourth-order valence-corrected chi connectivity index (χ4v) is 9.61. The van der Waals surface area contributed by atoms with Gasteiger partial charge in [-0.25, -0.2) is 0 Å². The minimum atomic E-state index is -1.39. The predicted molar refractivity (Wildman–Crippen MR) is 212 cm³/mol. The van der Waals surface area contributed by atoms with E-state index >= 15 is 9.59 Å². The van der Waals surface area contributed by atoms with Gasteiger partial charge in [0.05, 0.1) is 36.6 Å². The molecule has 3 aromatic rings. The quantitative estimate of drug-likeness (QED) is 0.0995. The van der Waals surface area contributed by atoms with E-state index in [4.69, 9.17) is 9.47 Å². The molecule has 0 aromatic heterocycles. The number of hydrogen-bond acceptors (Lipinski definition) is 7. The zero-order chi connectivity index (χ0) is 38.7. The lowest BCUT2D eigenvalue weighted by Gasteiger charge is -2.41. The number of alkyl halides is 1. The van der Waals surface area contributed by atoms with E-state index in [1.54, 1.807) is 24.0 Å². The number of carbonyl (C=O) groups is 4. The Morgan fingerprint density at radius 2 is 1.78 bits per heavy atom. The van der Waals surface area contributed by atoms with Gasteiger partial charge in [0.15, 0.2) is 0 Å². The van der Waals surface area contributed by atoms with Crippen molar-refractivity contribution >= 4 is 56.1 Å². The Labute approximate surface area is 325 Å². The summed E-state index contributed by atoms with van der Waals surface area (Å²) in [5.74, 6) is -3.94. The summed E-state index contributed by atoms with van der Waals surface area (Å²) in [5, 5.41) is 15.8. The third kappa shape index (κ3) is 7.13. The minimum Gasteiger partial charge on any atom is -0.455 e. The summed E-state index contributed by atoms with van der Waals surface area (Å²) in [6.07, 6.45) is 3.35. The lowest BCUT2D eigenvalue weighted by molar-refractivity contribution is -0.162. The van der Waals surface area contributed by atoms with Crippen LogP contribution >= 0.6 is 15.9 Å². The van der Waals surface area contributed by atoms with Gasteiger partial charge in [-0.3, -0.25) is 19.2 Å². The summed E-state index contributed by atoms with van der Waals surface area (Å²) in [4.78, 5) is 60.4. The summed E-state index contributed by atoms with van der Waals surface area (Å²) < 4.78 is 13.1. The number of aliphatic hydroxyl groups excluding tert-OH is 1. The standard InChI is InChI=1S/C43H50BrN3O7/c1-6-9-19-34(49)45-27(5)37(29-16-11-10-12-17-29)53-42(52)35-36-40(50)47(33(25-48)26(4)8-3)39(43(36)24-32(44)38(35)54-43)41(51)46(22-7-2)31-21-20-28-15-13-14-18-30(28)23-31/h6-7,10-18,20-21,23,26-27,32-33,35-39,48H,1-2,8-9,19,22,24-25H2,3-5H3,(H,45,49)/t26-,27+,32?,33-,35-,36+,37+,38-,39-,43+/m0/s1. The molecule has 3 heterocycles. The zero-order valence-electron chi connectivity index (χ0n) is 31.1. The molecule has 0 saturated carbocycles. The first-order valence-corrected chi connectivity index (χ1v) is 19.7. The van der Waals surface area contributed by atoms with Crippen LogP contribution in [-0.2, 0) is 28.7 Å². The first-order valence-electron chi connectivity index (χ1n) is 18.8. The van der Waals surface area contributed by atoms with E-state index in [-0.39, 0.29) is 42.1 Å². The Kier molecular flexibility index (Phi) is 12.1. The highest BCUT2D eigenvalue weighted by atomic mass is 79.9. The second-order valence-electron chi connectivity index (χ2n) is 14.8. The molecule has 3 aliphatic rings. The van der Waals surface area contributed by atoms with Gasteiger partial charge in [0.2, 0.25) is 11.8 Å². The molecular formula is C43H50BrN3O7. The monoisotopic (exact) mass is 799 g/mol. The number of esters is 1. The van der Waals surface area contributed by atoms with Crippen molar-refractivity contribution in [1.82, 2.24) is 10.2 Å². The third-order valence-electron chi connectivity index (χ3n) is 11.5. The molecule has 3 aromatic carbocycles. The van der Waals surface area contributed by atoms with Crippen molar-refractivity contribution < 1.29 is 33.8 Å². The SMILES string of the molecule is C=CCCC(=O)N[C@H](C)[C@@H](OC(=O)[C@@H]1[C@H]2O[C@@]3(CC2Br)[C@H](C(=O)N(CC=C)c2ccc4ccccc4c2)N([C@@H](CO)[C@@H](C)CC)C(=O)[C@@H]13)c1ccccc1. The number of fused-ring (bicyclic) bond motifs is 2. The number of benzene rings is 3. The fraction of sp³-hybridized carbons (Fsp3) is 0.442. The Bertz CT molecular complexity index is 1890. The first-order chi connectivity index (χ1) is 26.0. The molecule has 1 spiro atoms. The molecular weight excluding hydrogens is 750 g/mol. The molecule has 10 nitrogen and oxygen atoms in total. The summed E-state index contributed by atoms with van der Waals surface area (Å²) in [6.45, 7) is 13.1. The summed E-state index contributed by atoms with van der Waals surface area (Å²) >= 11 is 3.77. The van der Waals surface area contributed by atoms with Crippen molar-refractivity contribution in [1.29, 1.82) is 0 Å². The topological polar surface area (TPSA) is 125 Å². The molecule has 3 aliphatic heterocycles. The number of rotatable bonds is 16. The molecule has 0 radical (unpaired) electrons. The van der Waals surface area contributed by atoms with Gasteiger partial charge in [-0.1, -0.05) is 109 Å². The van der Waals surface area contributed by atoms with E-state index < -0.39 is 59.6 Å². The summed E-state index contributed by atoms with van der Waals surface area (Å²) in [7, 11) is 0. The molecule has 11 heteroatoms. The van der Waals surface area contributed by atoms with Crippen molar-refractivity contribution in [2.75, 3.05) is 18.1 Å². The van der Waals surface area contributed by atoms with Crippen molar-refractivity contribution in [3.05, 3.63) is 104 Å². The van der Waals surface area contributed by atoms with Crippen LogP contribution in [0.3, 0.4) is 0 Å². The first kappa shape index (κ1) is 39.4. The van der Waals surface area contributed by atoms with Crippen LogP contribution in [0.2, 0.25) is 0 Å². The normalized spacial score (nSPS) is 26.4. The molecule has 10 atom stereocenters. The van der Waals surface area contributed by atoms with E-state index in [1.165, 1.54) is 4.90 Å². The van der Waals surface area contributed by atoms with Crippen LogP contribution in [0.5, 0.6) is 0 Å². The number of halogens is 1. The lowest BCUT2D eigenvalue weighted by Crippen LogP contribution is -2.60. The van der Waals surface area contributed by atoms with Crippen LogP contribution in [0.1, 0.15) is 58.1 Å². The maximum atomic E-state index is 15.2. The van der Waals surface area contributed by atoms with Gasteiger partial charge < -0.3 is 29.7 Å². The third-order valence-corrected chi connectivity index (χ3v) is 12.3. The number of hydrogen-bond donors (Lipinski definition) is 2. The van der Waals surface area contributed by atoms with Gasteiger partial charge in [-0.2, -0.15) is 0 Å². The van der Waals surface area contributed by atoms with Crippen molar-refractivity contribution in [3.8, 4) is 0 Å². The number of nitrogens with one attached hydrogen (secondary N) is 1. The van der Waals surface area contributed by atoms with Crippen molar-refractivity contribution in [2.45, 2.75) is 87.2 Å². The van der Waals surface area contributed by atoms with Gasteiger partial charge in [0.1, 0.15) is 17.7 Å². The van der Waals surface area contributed by atoms with Crippen LogP contribution in [0, 0.1) is 17.8 Å². The number of allylic oxidation sites excluding steroid dienone is 1. The highest BCUT2D eigenvalue weighted by Gasteiger charge is 2.78. The number of nitrogens with zero attached hydrogens (tertiary/aromatic N) is 2. The zero-order valence-corrected chi connectivity index (χ0v) is 32.7. The molecule has 3 saturated heterocycles. The minimum absolute atomic E-state index is 0.158. The average Bonchev–Trinajstić information content (AvgIpc) is 3.78. The van der Waals surface area contributed by atoms with E-state index in [0.29, 0.717) is 30.5 Å². The maximum Gasteiger partial charge on any atom is 0.313 e. The number of likely N-dealkylation sites (tertiary alicyclic amines) is 1. The number of aliphatic hydroxyl groups is 1. The maximum absolute atomic E-state index is 15.2. The molecule has 54 heavy (non-hydrogen) atoms. The van der Waals surface area contributed by atoms with Gasteiger partial charge >= 0.3 is 5.97 Å². The summed E-state index contributed by atoms with van der Waals surface area (Å²) in [6, 6.07) is 20.3. The lowest BCUT2D eigenvalue weighted by atomic mass is 9.70. The van der Waals surface area contributed by atoms with Gasteiger partial charge in [-0.05, 0) is 54.2 Å². The van der Waals surface area contributed by atoms with Gasteiger partial charge in [-0.15, -0.1) is 13.2 Å². The fourth-order valence-electron chi connectivity index (χ4n) is 8.67. The largest absolute Gasteiger partial charge is 0.455 e. The van der Waals surface area contributed by atoms with Crippen LogP contribution in [0.4, 0.5) is 5.69 Å². The molecule has 2 N–H and O–H groups in total. The molecule has 3 fully saturated rings. The number of ether oxygens (including phenoxy) is 2. The smallest absolute Gasteiger partial charge is 0.313 e. The number of carbonyl (C=O) groups excluding carboxylic acids is 4. The number of amides is 3. The van der Waals surface area contributed by atoms with Gasteiger partial charge in [0.25, 0.3) is 5.91 Å². The highest BCUT2D eigenvalue weighted by Crippen LogP contribution is 2.61. The molecule has 2 bridgehead atoms.